The summed E-state index contributed by atoms with van der Waals surface area (Å²) in [6.07, 6.45) is 5.99. The Labute approximate surface area is 75.4 Å². The van der Waals surface area contributed by atoms with Crippen LogP contribution in [0.3, 0.4) is 0 Å². The number of rotatable bonds is 3. The maximum absolute atomic E-state index is 3.95. The highest BCUT2D eigenvalue weighted by molar-refractivity contribution is 4.94. The van der Waals surface area contributed by atoms with Crippen LogP contribution in [0.1, 0.15) is 39.8 Å². The second-order valence-corrected chi connectivity index (χ2v) is 2.79. The van der Waals surface area contributed by atoms with Crippen LogP contribution >= 0.6 is 0 Å². The Morgan fingerprint density at radius 2 is 2.17 bits per heavy atom. The van der Waals surface area contributed by atoms with Crippen LogP contribution in [-0.4, -0.2) is 9.97 Å². The zero-order chi connectivity index (χ0) is 9.40. The van der Waals surface area contributed by atoms with E-state index in [2.05, 4.69) is 23.8 Å². The van der Waals surface area contributed by atoms with E-state index >= 15 is 0 Å². The third-order valence-corrected chi connectivity index (χ3v) is 1.82. The first kappa shape index (κ1) is 11.2. The van der Waals surface area contributed by atoms with Gasteiger partial charge in [-0.2, -0.15) is 0 Å². The molecular weight excluding hydrogens is 148 g/mol. The van der Waals surface area contributed by atoms with Gasteiger partial charge in [-0.1, -0.05) is 34.1 Å². The van der Waals surface area contributed by atoms with Crippen molar-refractivity contribution in [3.8, 4) is 0 Å². The van der Waals surface area contributed by atoms with Crippen LogP contribution in [0.5, 0.6) is 0 Å². The number of nitrogens with one attached hydrogen (secondary N) is 1. The maximum atomic E-state index is 3.95. The van der Waals surface area contributed by atoms with Gasteiger partial charge in [0, 0.05) is 11.9 Å². The van der Waals surface area contributed by atoms with Crippen LogP contribution in [0.2, 0.25) is 0 Å². The van der Waals surface area contributed by atoms with Gasteiger partial charge in [0.25, 0.3) is 0 Å². The predicted octanol–water partition coefficient (Wildman–Crippen LogP) is 3.02. The first-order valence-electron chi connectivity index (χ1n) is 4.80. The summed E-state index contributed by atoms with van der Waals surface area (Å²) in [5.41, 5.74) is 1.24. The molecule has 0 aliphatic heterocycles. The van der Waals surface area contributed by atoms with Crippen LogP contribution in [0, 0.1) is 5.92 Å². The fourth-order valence-corrected chi connectivity index (χ4v) is 0.916. The smallest absolute Gasteiger partial charge is 0.0921 e. The first-order chi connectivity index (χ1) is 5.83. The minimum Gasteiger partial charge on any atom is -0.348 e. The average Bonchev–Trinajstić information content (AvgIpc) is 2.60. The number of imidazole rings is 1. The number of H-pyrrole nitrogens is 1. The lowest BCUT2D eigenvalue weighted by Crippen LogP contribution is -1.97. The Hall–Kier alpha value is -0.790. The Morgan fingerprint density at radius 1 is 1.50 bits per heavy atom. The zero-order valence-corrected chi connectivity index (χ0v) is 8.59. The summed E-state index contributed by atoms with van der Waals surface area (Å²) in [7, 11) is 0. The molecule has 1 aromatic rings. The fraction of sp³-hybridized carbons (Fsp3) is 0.700. The van der Waals surface area contributed by atoms with Crippen LogP contribution in [-0.2, 0) is 6.42 Å². The van der Waals surface area contributed by atoms with Gasteiger partial charge in [0.1, 0.15) is 0 Å². The van der Waals surface area contributed by atoms with Gasteiger partial charge in [-0.05, 0) is 12.3 Å². The van der Waals surface area contributed by atoms with E-state index in [9.17, 15) is 0 Å². The van der Waals surface area contributed by atoms with Crippen molar-refractivity contribution < 1.29 is 0 Å². The number of hydrogen-bond acceptors (Lipinski definition) is 1. The molecule has 70 valence electrons. The molecule has 2 nitrogen and oxygen atoms in total. The maximum Gasteiger partial charge on any atom is 0.0921 e. The molecular formula is C10H20N2. The molecule has 0 amide bonds. The SMILES string of the molecule is CC.CCC(C)Cc1cnc[nH]1. The highest BCUT2D eigenvalue weighted by Gasteiger charge is 2.00. The molecule has 0 radical (unpaired) electrons. The molecule has 0 saturated heterocycles. The second kappa shape index (κ2) is 6.89. The summed E-state index contributed by atoms with van der Waals surface area (Å²) in [4.78, 5) is 7.05. The molecule has 1 rings (SSSR count). The van der Waals surface area contributed by atoms with E-state index in [1.54, 1.807) is 6.33 Å². The number of aromatic amines is 1. The van der Waals surface area contributed by atoms with Gasteiger partial charge < -0.3 is 4.98 Å². The average molecular weight is 168 g/mol. The van der Waals surface area contributed by atoms with Crippen molar-refractivity contribution in [2.24, 2.45) is 5.92 Å². The molecule has 0 spiro atoms. The fourth-order valence-electron chi connectivity index (χ4n) is 0.916. The Morgan fingerprint density at radius 3 is 2.58 bits per heavy atom. The van der Waals surface area contributed by atoms with Crippen LogP contribution in [0.25, 0.3) is 0 Å². The quantitative estimate of drug-likeness (QED) is 0.738. The summed E-state index contributed by atoms with van der Waals surface area (Å²) < 4.78 is 0. The molecule has 0 bridgehead atoms. The molecule has 1 atom stereocenters. The normalized spacial score (nSPS) is 11.7. The van der Waals surface area contributed by atoms with Crippen molar-refractivity contribution in [2.45, 2.75) is 40.5 Å². The highest BCUT2D eigenvalue weighted by Crippen LogP contribution is 2.07. The molecule has 1 N–H and O–H groups in total. The molecule has 0 fully saturated rings. The van der Waals surface area contributed by atoms with Crippen molar-refractivity contribution in [3.63, 3.8) is 0 Å². The lowest BCUT2D eigenvalue weighted by atomic mass is 10.0. The Kier molecular flexibility index (Phi) is 6.44. The van der Waals surface area contributed by atoms with E-state index < -0.39 is 0 Å². The zero-order valence-electron chi connectivity index (χ0n) is 8.59. The van der Waals surface area contributed by atoms with Crippen LogP contribution in [0.4, 0.5) is 0 Å². The number of nitrogens with zero attached hydrogens (tertiary/aromatic N) is 1. The standard InChI is InChI=1S/C8H14N2.C2H6/c1-3-7(2)4-8-5-9-6-10-8;1-2/h5-7H,3-4H2,1-2H3,(H,9,10);1-2H3. The lowest BCUT2D eigenvalue weighted by molar-refractivity contribution is 0.554. The third kappa shape index (κ3) is 4.16. The van der Waals surface area contributed by atoms with Gasteiger partial charge in [0.2, 0.25) is 0 Å². The molecule has 1 unspecified atom stereocenters. The van der Waals surface area contributed by atoms with Gasteiger partial charge in [0.05, 0.1) is 6.33 Å². The second-order valence-electron chi connectivity index (χ2n) is 2.79. The van der Waals surface area contributed by atoms with Crippen molar-refractivity contribution in [1.29, 1.82) is 0 Å². The number of hydrogen-bond donors (Lipinski definition) is 1. The van der Waals surface area contributed by atoms with Gasteiger partial charge >= 0.3 is 0 Å². The molecule has 1 aromatic heterocycles. The van der Waals surface area contributed by atoms with E-state index in [0.717, 1.165) is 12.3 Å². The highest BCUT2D eigenvalue weighted by atomic mass is 14.9. The summed E-state index contributed by atoms with van der Waals surface area (Å²) >= 11 is 0. The molecule has 0 aromatic carbocycles. The molecule has 2 heteroatoms. The topological polar surface area (TPSA) is 28.7 Å². The molecule has 12 heavy (non-hydrogen) atoms. The monoisotopic (exact) mass is 168 g/mol. The predicted molar refractivity (Wildman–Crippen MR) is 53.1 cm³/mol. The van der Waals surface area contributed by atoms with Crippen LogP contribution in [0.15, 0.2) is 12.5 Å². The van der Waals surface area contributed by atoms with Gasteiger partial charge in [-0.25, -0.2) is 4.98 Å². The van der Waals surface area contributed by atoms with Crippen molar-refractivity contribution in [3.05, 3.63) is 18.2 Å². The summed E-state index contributed by atoms with van der Waals surface area (Å²) in [5, 5.41) is 0. The molecule has 0 aliphatic rings. The molecule has 0 aliphatic carbocycles. The lowest BCUT2D eigenvalue weighted by Gasteiger charge is -2.04. The van der Waals surface area contributed by atoms with Crippen molar-refractivity contribution in [2.75, 3.05) is 0 Å². The summed E-state index contributed by atoms with van der Waals surface area (Å²) in [6, 6.07) is 0. The van der Waals surface area contributed by atoms with Crippen molar-refractivity contribution in [1.82, 2.24) is 9.97 Å². The Balaban J connectivity index is 0.000000561. The van der Waals surface area contributed by atoms with E-state index in [4.69, 9.17) is 0 Å². The van der Waals surface area contributed by atoms with E-state index in [1.807, 2.05) is 20.0 Å². The van der Waals surface area contributed by atoms with Crippen LogP contribution < -0.4 is 0 Å². The minimum atomic E-state index is 0.764. The van der Waals surface area contributed by atoms with Crippen molar-refractivity contribution >= 4 is 0 Å². The minimum absolute atomic E-state index is 0.764. The Bertz CT molecular complexity index is 168. The van der Waals surface area contributed by atoms with E-state index in [0.29, 0.717) is 0 Å². The third-order valence-electron chi connectivity index (χ3n) is 1.82. The molecule has 0 saturated carbocycles. The van der Waals surface area contributed by atoms with E-state index in [1.165, 1.54) is 12.1 Å². The van der Waals surface area contributed by atoms with E-state index in [-0.39, 0.29) is 0 Å². The first-order valence-corrected chi connectivity index (χ1v) is 4.80. The van der Waals surface area contributed by atoms with Gasteiger partial charge in [0.15, 0.2) is 0 Å². The molecule has 1 heterocycles. The summed E-state index contributed by atoms with van der Waals surface area (Å²) in [5.74, 6) is 0.764. The van der Waals surface area contributed by atoms with Gasteiger partial charge in [-0.3, -0.25) is 0 Å². The largest absolute Gasteiger partial charge is 0.348 e. The number of aromatic nitrogens is 2. The summed E-state index contributed by atoms with van der Waals surface area (Å²) in [6.45, 7) is 8.46. The van der Waals surface area contributed by atoms with Gasteiger partial charge in [-0.15, -0.1) is 0 Å².